The van der Waals surface area contributed by atoms with Crippen molar-refractivity contribution in [1.29, 1.82) is 0 Å². The first kappa shape index (κ1) is 49.8. The van der Waals surface area contributed by atoms with Gasteiger partial charge in [0.25, 0.3) is 0 Å². The molecule has 0 spiro atoms. The van der Waals surface area contributed by atoms with Gasteiger partial charge in [0.15, 0.2) is 0 Å². The average molecular weight is 873 g/mol. The van der Waals surface area contributed by atoms with Gasteiger partial charge in [-0.1, -0.05) is 0 Å². The molecule has 1 aromatic carbocycles. The van der Waals surface area contributed by atoms with Crippen molar-refractivity contribution < 1.29 is 59.0 Å². The van der Waals surface area contributed by atoms with Crippen LogP contribution < -0.4 is 0 Å². The van der Waals surface area contributed by atoms with E-state index in [4.69, 9.17) is 18.9 Å². The van der Waals surface area contributed by atoms with Gasteiger partial charge in [0.2, 0.25) is 0 Å². The minimum atomic E-state index is -0.980. The third kappa shape index (κ3) is 10.0. The van der Waals surface area contributed by atoms with Gasteiger partial charge in [-0.3, -0.25) is 0 Å². The van der Waals surface area contributed by atoms with Crippen LogP contribution in [0, 0.1) is 0 Å². The SMILES string of the molecule is CC1(C)CC(OC(=O)c2cc(C(=O)OC3CC(C)(C)N(O)C(C)(C)C3)c(C(=O)OC3CC(C)(C)N(O)C(C)(C)C3)cc2C(=O)OC2CC(C)(C)N([O])C(C)(C)C2)CC(C)(C)N1[O]. The molecule has 2 N–H and O–H groups in total. The van der Waals surface area contributed by atoms with E-state index in [9.17, 15) is 40.0 Å². The Bertz CT molecular complexity index is 1580. The van der Waals surface area contributed by atoms with E-state index in [0.717, 1.165) is 22.3 Å². The summed E-state index contributed by atoms with van der Waals surface area (Å²) in [4.78, 5) is 58.1. The molecule has 4 heterocycles. The van der Waals surface area contributed by atoms with Gasteiger partial charge in [0.05, 0.1) is 22.3 Å². The maximum atomic E-state index is 14.5. The number of carbonyl (C=O) groups excluding carboxylic acids is 4. The van der Waals surface area contributed by atoms with Gasteiger partial charge in [-0.25, -0.2) is 19.2 Å². The first-order chi connectivity index (χ1) is 27.9. The Kier molecular flexibility index (Phi) is 13.1. The molecule has 62 heavy (non-hydrogen) atoms. The van der Waals surface area contributed by atoms with Crippen molar-refractivity contribution in [3.05, 3.63) is 34.4 Å². The Morgan fingerprint density at radius 3 is 0.726 bits per heavy atom. The lowest BCUT2D eigenvalue weighted by molar-refractivity contribution is -0.298. The lowest BCUT2D eigenvalue weighted by Gasteiger charge is -2.51. The van der Waals surface area contributed by atoms with Gasteiger partial charge >= 0.3 is 23.9 Å². The Balaban J connectivity index is 1.63. The molecule has 4 aliphatic rings. The normalized spacial score (nSPS) is 26.6. The van der Waals surface area contributed by atoms with Crippen molar-refractivity contribution in [3.63, 3.8) is 0 Å². The van der Waals surface area contributed by atoms with Crippen LogP contribution >= 0.6 is 0 Å². The van der Waals surface area contributed by atoms with Crippen molar-refractivity contribution in [1.82, 2.24) is 20.3 Å². The molecule has 348 valence electrons. The summed E-state index contributed by atoms with van der Waals surface area (Å²) in [6, 6.07) is 2.24. The van der Waals surface area contributed by atoms with E-state index < -0.39 is 92.6 Å². The second-order valence-corrected chi connectivity index (χ2v) is 23.4. The van der Waals surface area contributed by atoms with Crippen LogP contribution in [-0.4, -0.2) is 123 Å². The molecule has 4 saturated heterocycles. The maximum absolute atomic E-state index is 14.5. The van der Waals surface area contributed by atoms with Gasteiger partial charge in [-0.05, 0) is 123 Å². The number of benzene rings is 1. The number of piperidine rings is 4. The van der Waals surface area contributed by atoms with Crippen molar-refractivity contribution in [3.8, 4) is 0 Å². The number of ether oxygens (including phenoxy) is 4. The molecule has 16 heteroatoms. The number of carbonyl (C=O) groups is 4. The van der Waals surface area contributed by atoms with Crippen LogP contribution in [0.25, 0.3) is 0 Å². The summed E-state index contributed by atoms with van der Waals surface area (Å²) >= 11 is 0. The molecule has 5 rings (SSSR count). The molecule has 0 aliphatic carbocycles. The van der Waals surface area contributed by atoms with Crippen molar-refractivity contribution in [2.24, 2.45) is 0 Å². The summed E-state index contributed by atoms with van der Waals surface area (Å²) in [5.41, 5.74) is -8.26. The highest BCUT2D eigenvalue weighted by Gasteiger charge is 2.51. The van der Waals surface area contributed by atoms with Crippen molar-refractivity contribution >= 4 is 23.9 Å². The quantitative estimate of drug-likeness (QED) is 0.189. The molecule has 0 aromatic heterocycles. The fourth-order valence-corrected chi connectivity index (χ4v) is 11.2. The topological polar surface area (TPSA) is 198 Å². The van der Waals surface area contributed by atoms with E-state index in [1.807, 2.05) is 55.4 Å². The Morgan fingerprint density at radius 2 is 0.548 bits per heavy atom. The largest absolute Gasteiger partial charge is 0.459 e. The average Bonchev–Trinajstić information content (AvgIpc) is 3.09. The van der Waals surface area contributed by atoms with Crippen LogP contribution in [0.3, 0.4) is 0 Å². The van der Waals surface area contributed by atoms with Crippen LogP contribution in [0.4, 0.5) is 0 Å². The van der Waals surface area contributed by atoms with Crippen LogP contribution in [0.5, 0.6) is 0 Å². The zero-order valence-corrected chi connectivity index (χ0v) is 39.9. The highest BCUT2D eigenvalue weighted by molar-refractivity contribution is 6.10. The maximum Gasteiger partial charge on any atom is 0.339 e. The lowest BCUT2D eigenvalue weighted by Crippen LogP contribution is -2.60. The molecular weight excluding hydrogens is 801 g/mol. The molecule has 0 unspecified atom stereocenters. The molecule has 1 aromatic rings. The summed E-state index contributed by atoms with van der Waals surface area (Å²) in [7, 11) is 0. The molecule has 0 bridgehead atoms. The number of hydrogen-bond acceptors (Lipinski definition) is 14. The predicted molar refractivity (Wildman–Crippen MR) is 225 cm³/mol. The summed E-state index contributed by atoms with van der Waals surface area (Å²) in [6.45, 7) is 28.6. The van der Waals surface area contributed by atoms with Crippen molar-refractivity contribution in [2.45, 2.75) is 231 Å². The zero-order chi connectivity index (χ0) is 47.1. The summed E-state index contributed by atoms with van der Waals surface area (Å²) in [5, 5.41) is 52.8. The van der Waals surface area contributed by atoms with Crippen molar-refractivity contribution in [2.75, 3.05) is 0 Å². The van der Waals surface area contributed by atoms with Gasteiger partial charge in [0.1, 0.15) is 24.4 Å². The third-order valence-corrected chi connectivity index (χ3v) is 13.4. The summed E-state index contributed by atoms with van der Waals surface area (Å²) in [5.74, 6) is -3.89. The van der Waals surface area contributed by atoms with Crippen LogP contribution in [0.2, 0.25) is 0 Å². The fourth-order valence-electron chi connectivity index (χ4n) is 11.2. The van der Waals surface area contributed by atoms with E-state index in [-0.39, 0.29) is 73.6 Å². The first-order valence-corrected chi connectivity index (χ1v) is 21.9. The minimum Gasteiger partial charge on any atom is -0.459 e. The number of hydrogen-bond donors (Lipinski definition) is 2. The number of rotatable bonds is 8. The number of esters is 4. The Labute approximate surface area is 367 Å². The Hall–Kier alpha value is -3.22. The monoisotopic (exact) mass is 873 g/mol. The van der Waals surface area contributed by atoms with Gasteiger partial charge in [-0.15, -0.1) is 20.5 Å². The molecule has 2 radical (unpaired) electrons. The Morgan fingerprint density at radius 1 is 0.387 bits per heavy atom. The van der Waals surface area contributed by atoms with E-state index in [1.165, 1.54) is 10.1 Å². The molecule has 0 atom stereocenters. The highest BCUT2D eigenvalue weighted by atomic mass is 16.6. The first-order valence-electron chi connectivity index (χ1n) is 21.9. The molecule has 4 fully saturated rings. The lowest BCUT2D eigenvalue weighted by atomic mass is 9.80. The molecule has 16 nitrogen and oxygen atoms in total. The third-order valence-electron chi connectivity index (χ3n) is 13.4. The van der Waals surface area contributed by atoms with E-state index in [0.29, 0.717) is 0 Å². The second-order valence-electron chi connectivity index (χ2n) is 23.4. The van der Waals surface area contributed by atoms with Crippen LogP contribution in [-0.2, 0) is 29.4 Å². The fraction of sp³-hybridized carbons (Fsp3) is 0.783. The molecule has 0 amide bonds. The zero-order valence-electron chi connectivity index (χ0n) is 39.9. The summed E-state index contributed by atoms with van der Waals surface area (Å²) in [6.07, 6.45) is -1.32. The second kappa shape index (κ2) is 16.3. The van der Waals surface area contributed by atoms with E-state index >= 15 is 0 Å². The van der Waals surface area contributed by atoms with E-state index in [1.54, 1.807) is 55.4 Å². The highest BCUT2D eigenvalue weighted by Crippen LogP contribution is 2.43. The van der Waals surface area contributed by atoms with Crippen LogP contribution in [0.1, 0.15) is 204 Å². The molecule has 0 saturated carbocycles. The van der Waals surface area contributed by atoms with Gasteiger partial charge in [-0.2, -0.15) is 10.1 Å². The number of nitrogens with zero attached hydrogens (tertiary/aromatic N) is 4. The van der Waals surface area contributed by atoms with Gasteiger partial charge in [0, 0.05) is 95.7 Å². The predicted octanol–water partition coefficient (Wildman–Crippen LogP) is 7.87. The van der Waals surface area contributed by atoms with E-state index in [2.05, 4.69) is 0 Å². The van der Waals surface area contributed by atoms with Crippen LogP contribution in [0.15, 0.2) is 12.1 Å². The molecular formula is C46H72N4O12. The van der Waals surface area contributed by atoms with Gasteiger partial charge < -0.3 is 29.4 Å². The molecule has 4 aliphatic heterocycles. The summed E-state index contributed by atoms with van der Waals surface area (Å²) < 4.78 is 24.4. The standard InChI is InChI=1S/C46H72N4O12/c1-39(2)19-27(20-40(3,4)47(39)55)59-35(51)31-17-33(37(53)61-29-23-43(9,10)49(57)44(11,12)24-29)34(38(54)62-30-25-45(13,14)50(58)46(15,16)26-30)18-32(31)36(52)60-28-21-41(5,6)48(56)42(7,8)22-28/h17-18,27-30,55-56H,19-26H2,1-16H3. The minimum absolute atomic E-state index is 0.178. The number of hydroxylamine groups is 8. The smallest absolute Gasteiger partial charge is 0.339 e.